The molecule has 1 unspecified atom stereocenters. The Morgan fingerprint density at radius 2 is 2.00 bits per heavy atom. The minimum atomic E-state index is -2.71. The zero-order valence-corrected chi connectivity index (χ0v) is 8.13. The first-order valence-electron chi connectivity index (χ1n) is 4.71. The molecule has 2 N–H and O–H groups in total. The van der Waals surface area contributed by atoms with Gasteiger partial charge in [-0.1, -0.05) is 24.1 Å². The van der Waals surface area contributed by atoms with E-state index in [9.17, 15) is 8.78 Å². The molecular formula is C12H11F2N. The Hall–Kier alpha value is -1.40. The van der Waals surface area contributed by atoms with Crippen LogP contribution < -0.4 is 5.73 Å². The van der Waals surface area contributed by atoms with Crippen LogP contribution in [-0.4, -0.2) is 12.5 Å². The molecule has 3 heteroatoms. The van der Waals surface area contributed by atoms with Crippen molar-refractivity contribution in [2.24, 2.45) is 5.73 Å². The van der Waals surface area contributed by atoms with Crippen LogP contribution in [0, 0.1) is 12.3 Å². The molecule has 1 fully saturated rings. The van der Waals surface area contributed by atoms with E-state index in [1.807, 2.05) is 0 Å². The zero-order chi connectivity index (χ0) is 11.1. The summed E-state index contributed by atoms with van der Waals surface area (Å²) < 4.78 is 26.6. The van der Waals surface area contributed by atoms with Crippen LogP contribution in [0.3, 0.4) is 0 Å². The van der Waals surface area contributed by atoms with E-state index in [2.05, 4.69) is 5.92 Å². The molecule has 1 atom stereocenters. The van der Waals surface area contributed by atoms with Gasteiger partial charge in [0.15, 0.2) is 0 Å². The summed E-state index contributed by atoms with van der Waals surface area (Å²) in [5, 5.41) is 0. The molecule has 1 saturated carbocycles. The molecule has 0 aromatic heterocycles. The van der Waals surface area contributed by atoms with E-state index in [0.29, 0.717) is 11.1 Å². The van der Waals surface area contributed by atoms with Gasteiger partial charge in [-0.2, -0.15) is 0 Å². The van der Waals surface area contributed by atoms with Gasteiger partial charge in [-0.05, 0) is 11.6 Å². The van der Waals surface area contributed by atoms with Crippen molar-refractivity contribution >= 4 is 0 Å². The van der Waals surface area contributed by atoms with Gasteiger partial charge in [0.1, 0.15) is 0 Å². The molecule has 78 valence electrons. The maximum Gasteiger partial charge on any atom is 0.260 e. The lowest BCUT2D eigenvalue weighted by molar-refractivity contribution is 0.0895. The average Bonchev–Trinajstić information content (AvgIpc) is 2.82. The maximum absolute atomic E-state index is 13.3. The van der Waals surface area contributed by atoms with E-state index in [1.54, 1.807) is 24.3 Å². The highest BCUT2D eigenvalue weighted by atomic mass is 19.3. The summed E-state index contributed by atoms with van der Waals surface area (Å²) in [4.78, 5) is 0. The number of halogens is 2. The molecule has 0 aliphatic heterocycles. The lowest BCUT2D eigenvalue weighted by Crippen LogP contribution is -2.27. The summed E-state index contributed by atoms with van der Waals surface area (Å²) in [6.45, 7) is -0.0707. The van der Waals surface area contributed by atoms with Gasteiger partial charge in [0, 0.05) is 18.5 Å². The molecule has 1 aliphatic rings. The number of rotatable bonds is 2. The van der Waals surface area contributed by atoms with Crippen molar-refractivity contribution in [2.45, 2.75) is 17.8 Å². The van der Waals surface area contributed by atoms with E-state index < -0.39 is 11.3 Å². The number of benzene rings is 1. The zero-order valence-electron chi connectivity index (χ0n) is 8.13. The molecule has 0 saturated heterocycles. The van der Waals surface area contributed by atoms with Crippen molar-refractivity contribution < 1.29 is 8.78 Å². The Morgan fingerprint density at radius 1 is 1.40 bits per heavy atom. The largest absolute Gasteiger partial charge is 0.329 e. The molecule has 0 amide bonds. The first-order chi connectivity index (χ1) is 7.07. The topological polar surface area (TPSA) is 26.0 Å². The second-order valence-corrected chi connectivity index (χ2v) is 3.86. The van der Waals surface area contributed by atoms with Crippen LogP contribution in [0.5, 0.6) is 0 Å². The van der Waals surface area contributed by atoms with Gasteiger partial charge in [-0.25, -0.2) is 8.78 Å². The number of alkyl halides is 2. The Bertz CT molecular complexity index is 433. The van der Waals surface area contributed by atoms with Gasteiger partial charge in [-0.15, -0.1) is 6.42 Å². The van der Waals surface area contributed by atoms with E-state index in [0.717, 1.165) is 0 Å². The predicted molar refractivity (Wildman–Crippen MR) is 54.7 cm³/mol. The molecule has 2 rings (SSSR count). The van der Waals surface area contributed by atoms with Crippen LogP contribution in [0.4, 0.5) is 8.78 Å². The van der Waals surface area contributed by atoms with Crippen molar-refractivity contribution in [3.8, 4) is 12.3 Å². The van der Waals surface area contributed by atoms with Gasteiger partial charge in [0.05, 0.1) is 5.41 Å². The Morgan fingerprint density at radius 3 is 2.47 bits per heavy atom. The minimum absolute atomic E-state index is 0.0707. The summed E-state index contributed by atoms with van der Waals surface area (Å²) in [5.74, 6) is -0.289. The van der Waals surface area contributed by atoms with E-state index in [1.165, 1.54) is 0 Å². The molecule has 1 nitrogen and oxygen atoms in total. The smallest absolute Gasteiger partial charge is 0.260 e. The lowest BCUT2D eigenvalue weighted by atomic mass is 9.91. The summed E-state index contributed by atoms with van der Waals surface area (Å²) in [6.07, 6.45) is 5.08. The quantitative estimate of drug-likeness (QED) is 0.736. The van der Waals surface area contributed by atoms with Crippen molar-refractivity contribution in [3.63, 3.8) is 0 Å². The second-order valence-electron chi connectivity index (χ2n) is 3.86. The third-order valence-corrected chi connectivity index (χ3v) is 3.05. The lowest BCUT2D eigenvalue weighted by Gasteiger charge is -2.16. The van der Waals surface area contributed by atoms with Crippen LogP contribution in [-0.2, 0) is 5.41 Å². The van der Waals surface area contributed by atoms with Crippen molar-refractivity contribution in [1.82, 2.24) is 0 Å². The molecule has 0 bridgehead atoms. The second kappa shape index (κ2) is 3.04. The summed E-state index contributed by atoms with van der Waals surface area (Å²) in [7, 11) is 0. The Kier molecular flexibility index (Phi) is 2.06. The SMILES string of the molecule is C#Cc1ccccc1C1(CN)CC1(F)F. The Balaban J connectivity index is 2.52. The van der Waals surface area contributed by atoms with Gasteiger partial charge in [0.2, 0.25) is 0 Å². The standard InChI is InChI=1S/C12H11F2N/c1-2-9-5-3-4-6-10(9)11(8-15)7-12(11,13)14/h1,3-6H,7-8,15H2. The van der Waals surface area contributed by atoms with Gasteiger partial charge in [0.25, 0.3) is 5.92 Å². The highest BCUT2D eigenvalue weighted by Gasteiger charge is 2.71. The fraction of sp³-hybridized carbons (Fsp3) is 0.333. The van der Waals surface area contributed by atoms with Gasteiger partial charge < -0.3 is 5.73 Å². The fourth-order valence-corrected chi connectivity index (χ4v) is 1.98. The van der Waals surface area contributed by atoms with Gasteiger partial charge >= 0.3 is 0 Å². The van der Waals surface area contributed by atoms with E-state index in [-0.39, 0.29) is 13.0 Å². The minimum Gasteiger partial charge on any atom is -0.329 e. The van der Waals surface area contributed by atoms with Crippen molar-refractivity contribution in [3.05, 3.63) is 35.4 Å². The average molecular weight is 207 g/mol. The summed E-state index contributed by atoms with van der Waals surface area (Å²) in [6, 6.07) is 6.76. The number of hydrogen-bond donors (Lipinski definition) is 1. The van der Waals surface area contributed by atoms with Crippen LogP contribution in [0.1, 0.15) is 17.5 Å². The highest BCUT2D eigenvalue weighted by molar-refractivity contribution is 5.50. The van der Waals surface area contributed by atoms with E-state index >= 15 is 0 Å². The van der Waals surface area contributed by atoms with Crippen molar-refractivity contribution in [2.75, 3.05) is 6.54 Å². The third-order valence-electron chi connectivity index (χ3n) is 3.05. The normalized spacial score (nSPS) is 27.1. The first-order valence-corrected chi connectivity index (χ1v) is 4.71. The van der Waals surface area contributed by atoms with E-state index in [4.69, 9.17) is 12.2 Å². The molecule has 1 aromatic rings. The molecular weight excluding hydrogens is 196 g/mol. The molecule has 0 spiro atoms. The first kappa shape index (κ1) is 10.1. The van der Waals surface area contributed by atoms with Gasteiger partial charge in [-0.3, -0.25) is 0 Å². The molecule has 0 heterocycles. The molecule has 1 aromatic carbocycles. The highest BCUT2D eigenvalue weighted by Crippen LogP contribution is 2.61. The summed E-state index contributed by atoms with van der Waals surface area (Å²) in [5.41, 5.74) is 5.24. The molecule has 1 aliphatic carbocycles. The number of hydrogen-bond acceptors (Lipinski definition) is 1. The maximum atomic E-state index is 13.3. The monoisotopic (exact) mass is 207 g/mol. The van der Waals surface area contributed by atoms with Crippen LogP contribution >= 0.6 is 0 Å². The van der Waals surface area contributed by atoms with Crippen LogP contribution in [0.15, 0.2) is 24.3 Å². The van der Waals surface area contributed by atoms with Crippen LogP contribution in [0.25, 0.3) is 0 Å². The molecule has 15 heavy (non-hydrogen) atoms. The predicted octanol–water partition coefficient (Wildman–Crippen LogP) is 1.90. The van der Waals surface area contributed by atoms with Crippen molar-refractivity contribution in [1.29, 1.82) is 0 Å². The number of terminal acetylenes is 1. The third kappa shape index (κ3) is 1.25. The number of nitrogens with two attached hydrogens (primary N) is 1. The summed E-state index contributed by atoms with van der Waals surface area (Å²) >= 11 is 0. The fourth-order valence-electron chi connectivity index (χ4n) is 1.98. The molecule has 0 radical (unpaired) electrons. The Labute approximate surface area is 87.3 Å². The van der Waals surface area contributed by atoms with Crippen LogP contribution in [0.2, 0.25) is 0 Å².